The van der Waals surface area contributed by atoms with Gasteiger partial charge in [0.25, 0.3) is 0 Å². The molecule has 19 heavy (non-hydrogen) atoms. The van der Waals surface area contributed by atoms with Crippen LogP contribution in [-0.2, 0) is 6.54 Å². The fourth-order valence-corrected chi connectivity index (χ4v) is 2.12. The lowest BCUT2D eigenvalue weighted by atomic mass is 10.2. The van der Waals surface area contributed by atoms with Gasteiger partial charge in [0.2, 0.25) is 0 Å². The molecular formula is C15H16Cl2N2. The number of hydrogen-bond acceptors (Lipinski definition) is 2. The molecule has 0 aliphatic carbocycles. The van der Waals surface area contributed by atoms with Gasteiger partial charge < -0.3 is 10.2 Å². The van der Waals surface area contributed by atoms with Gasteiger partial charge in [0, 0.05) is 26.3 Å². The molecule has 2 nitrogen and oxygen atoms in total. The van der Waals surface area contributed by atoms with Crippen LogP contribution in [0.1, 0.15) is 5.56 Å². The second-order valence-corrected chi connectivity index (χ2v) is 5.30. The Kier molecular flexibility index (Phi) is 4.56. The Bertz CT molecular complexity index is 551. The molecule has 0 aliphatic heterocycles. The summed E-state index contributed by atoms with van der Waals surface area (Å²) in [5, 5.41) is 4.42. The number of rotatable bonds is 4. The van der Waals surface area contributed by atoms with Crippen molar-refractivity contribution in [1.82, 2.24) is 0 Å². The third kappa shape index (κ3) is 3.55. The van der Waals surface area contributed by atoms with Crippen molar-refractivity contribution >= 4 is 34.6 Å². The molecule has 0 amide bonds. The molecule has 100 valence electrons. The monoisotopic (exact) mass is 294 g/mol. The van der Waals surface area contributed by atoms with E-state index in [1.165, 1.54) is 11.3 Å². The Morgan fingerprint density at radius 1 is 1.00 bits per heavy atom. The summed E-state index contributed by atoms with van der Waals surface area (Å²) in [6.45, 7) is 0.716. The van der Waals surface area contributed by atoms with Gasteiger partial charge >= 0.3 is 0 Å². The van der Waals surface area contributed by atoms with E-state index in [-0.39, 0.29) is 0 Å². The van der Waals surface area contributed by atoms with Gasteiger partial charge in [0.1, 0.15) is 0 Å². The summed E-state index contributed by atoms with van der Waals surface area (Å²) in [4.78, 5) is 2.07. The molecular weight excluding hydrogens is 279 g/mol. The van der Waals surface area contributed by atoms with Crippen LogP contribution in [0.3, 0.4) is 0 Å². The van der Waals surface area contributed by atoms with E-state index >= 15 is 0 Å². The lowest BCUT2D eigenvalue weighted by molar-refractivity contribution is 1.11. The van der Waals surface area contributed by atoms with E-state index in [1.807, 2.05) is 26.2 Å². The van der Waals surface area contributed by atoms with E-state index in [9.17, 15) is 0 Å². The molecule has 2 aromatic carbocycles. The van der Waals surface area contributed by atoms with E-state index in [0.717, 1.165) is 5.69 Å². The normalized spacial score (nSPS) is 10.3. The number of nitrogens with zero attached hydrogens (tertiary/aromatic N) is 1. The highest BCUT2D eigenvalue weighted by atomic mass is 35.5. The van der Waals surface area contributed by atoms with Crippen molar-refractivity contribution in [3.05, 3.63) is 58.1 Å². The standard InChI is InChI=1S/C15H16Cl2N2/c1-19(2)12-8-6-11(7-9-12)10-18-14-5-3-4-13(16)15(14)17/h3-9,18H,10H2,1-2H3. The van der Waals surface area contributed by atoms with E-state index in [0.29, 0.717) is 16.6 Å². The molecule has 0 bridgehead atoms. The van der Waals surface area contributed by atoms with Crippen LogP contribution in [-0.4, -0.2) is 14.1 Å². The topological polar surface area (TPSA) is 15.3 Å². The lowest BCUT2D eigenvalue weighted by Gasteiger charge is -2.13. The van der Waals surface area contributed by atoms with Crippen LogP contribution >= 0.6 is 23.2 Å². The maximum absolute atomic E-state index is 6.13. The number of hydrogen-bond donors (Lipinski definition) is 1. The molecule has 0 radical (unpaired) electrons. The van der Waals surface area contributed by atoms with Crippen LogP contribution in [0.2, 0.25) is 10.0 Å². The Hall–Kier alpha value is -1.38. The van der Waals surface area contributed by atoms with Crippen molar-refractivity contribution in [2.75, 3.05) is 24.3 Å². The predicted octanol–water partition coefficient (Wildman–Crippen LogP) is 4.67. The van der Waals surface area contributed by atoms with Crippen molar-refractivity contribution < 1.29 is 0 Å². The predicted molar refractivity (Wildman–Crippen MR) is 84.6 cm³/mol. The highest BCUT2D eigenvalue weighted by Crippen LogP contribution is 2.29. The third-order valence-electron chi connectivity index (χ3n) is 2.89. The average molecular weight is 295 g/mol. The maximum atomic E-state index is 6.13. The quantitative estimate of drug-likeness (QED) is 0.881. The molecule has 0 spiro atoms. The second kappa shape index (κ2) is 6.18. The summed E-state index contributed by atoms with van der Waals surface area (Å²) in [6.07, 6.45) is 0. The molecule has 0 heterocycles. The first-order chi connectivity index (χ1) is 9.08. The van der Waals surface area contributed by atoms with E-state index in [2.05, 4.69) is 34.5 Å². The van der Waals surface area contributed by atoms with Crippen molar-refractivity contribution in [2.24, 2.45) is 0 Å². The first kappa shape index (κ1) is 14.0. The third-order valence-corrected chi connectivity index (χ3v) is 3.71. The first-order valence-corrected chi connectivity index (χ1v) is 6.77. The number of nitrogens with one attached hydrogen (secondary N) is 1. The lowest BCUT2D eigenvalue weighted by Crippen LogP contribution is -2.08. The largest absolute Gasteiger partial charge is 0.380 e. The molecule has 0 aromatic heterocycles. The first-order valence-electron chi connectivity index (χ1n) is 6.02. The zero-order valence-corrected chi connectivity index (χ0v) is 12.5. The van der Waals surface area contributed by atoms with Crippen molar-refractivity contribution in [3.63, 3.8) is 0 Å². The molecule has 2 rings (SSSR count). The smallest absolute Gasteiger partial charge is 0.0823 e. The van der Waals surface area contributed by atoms with Crippen LogP contribution < -0.4 is 10.2 Å². The molecule has 0 saturated carbocycles. The summed E-state index contributed by atoms with van der Waals surface area (Å²) < 4.78 is 0. The number of halogens is 2. The van der Waals surface area contributed by atoms with Crippen LogP contribution in [0, 0.1) is 0 Å². The van der Waals surface area contributed by atoms with Crippen LogP contribution in [0.5, 0.6) is 0 Å². The Labute approximate surface area is 123 Å². The van der Waals surface area contributed by atoms with Crippen molar-refractivity contribution in [1.29, 1.82) is 0 Å². The molecule has 0 saturated heterocycles. The minimum Gasteiger partial charge on any atom is -0.380 e. The van der Waals surface area contributed by atoms with E-state index in [4.69, 9.17) is 23.2 Å². The molecule has 2 aromatic rings. The molecule has 0 unspecified atom stereocenters. The fourth-order valence-electron chi connectivity index (χ4n) is 1.75. The zero-order valence-electron chi connectivity index (χ0n) is 11.0. The van der Waals surface area contributed by atoms with Gasteiger partial charge in [0.05, 0.1) is 15.7 Å². The minimum atomic E-state index is 0.564. The van der Waals surface area contributed by atoms with E-state index < -0.39 is 0 Å². The van der Waals surface area contributed by atoms with Crippen molar-refractivity contribution in [2.45, 2.75) is 6.54 Å². The molecule has 4 heteroatoms. The van der Waals surface area contributed by atoms with Gasteiger partial charge in [-0.1, -0.05) is 41.4 Å². The molecule has 0 fully saturated rings. The Morgan fingerprint density at radius 3 is 2.32 bits per heavy atom. The Balaban J connectivity index is 2.04. The minimum absolute atomic E-state index is 0.564. The van der Waals surface area contributed by atoms with Gasteiger partial charge in [-0.05, 0) is 29.8 Å². The van der Waals surface area contributed by atoms with Gasteiger partial charge in [-0.25, -0.2) is 0 Å². The van der Waals surface area contributed by atoms with Gasteiger partial charge in [-0.15, -0.1) is 0 Å². The summed E-state index contributed by atoms with van der Waals surface area (Å²) in [6, 6.07) is 14.0. The number of benzene rings is 2. The summed E-state index contributed by atoms with van der Waals surface area (Å²) in [5.41, 5.74) is 3.23. The summed E-state index contributed by atoms with van der Waals surface area (Å²) in [5.74, 6) is 0. The SMILES string of the molecule is CN(C)c1ccc(CNc2cccc(Cl)c2Cl)cc1. The Morgan fingerprint density at radius 2 is 1.68 bits per heavy atom. The average Bonchev–Trinajstić information content (AvgIpc) is 2.41. The van der Waals surface area contributed by atoms with Gasteiger partial charge in [-0.2, -0.15) is 0 Å². The second-order valence-electron chi connectivity index (χ2n) is 4.52. The summed E-state index contributed by atoms with van der Waals surface area (Å²) in [7, 11) is 4.05. The summed E-state index contributed by atoms with van der Waals surface area (Å²) >= 11 is 12.1. The van der Waals surface area contributed by atoms with Gasteiger partial charge in [0.15, 0.2) is 0 Å². The maximum Gasteiger partial charge on any atom is 0.0823 e. The molecule has 1 N–H and O–H groups in total. The van der Waals surface area contributed by atoms with Crippen LogP contribution in [0.15, 0.2) is 42.5 Å². The van der Waals surface area contributed by atoms with Gasteiger partial charge in [-0.3, -0.25) is 0 Å². The van der Waals surface area contributed by atoms with Crippen LogP contribution in [0.4, 0.5) is 11.4 Å². The fraction of sp³-hybridized carbons (Fsp3) is 0.200. The van der Waals surface area contributed by atoms with Crippen molar-refractivity contribution in [3.8, 4) is 0 Å². The zero-order chi connectivity index (χ0) is 13.8. The highest BCUT2D eigenvalue weighted by molar-refractivity contribution is 6.43. The van der Waals surface area contributed by atoms with Crippen LogP contribution in [0.25, 0.3) is 0 Å². The number of anilines is 2. The molecule has 0 aliphatic rings. The highest BCUT2D eigenvalue weighted by Gasteiger charge is 2.03. The van der Waals surface area contributed by atoms with E-state index in [1.54, 1.807) is 6.07 Å². The molecule has 0 atom stereocenters.